The summed E-state index contributed by atoms with van der Waals surface area (Å²) in [7, 11) is 0. The molecule has 34 heavy (non-hydrogen) atoms. The Morgan fingerprint density at radius 2 is 1.79 bits per heavy atom. The standard InChI is InChI=1S/C26H29N3O5/c1-2-34-26(33)28-16-13-19(14-17-28)29-23(20-10-6-7-15-27-20)22(24(31)25(29)32)21(30)12-11-18-8-4-3-5-9-18/h3-10,15,19,23,31H,2,11-14,16-17H2,1H3. The molecule has 3 heterocycles. The van der Waals surface area contributed by atoms with E-state index in [1.807, 2.05) is 30.3 Å². The highest BCUT2D eigenvalue weighted by atomic mass is 16.6. The fourth-order valence-electron chi connectivity index (χ4n) is 4.69. The van der Waals surface area contributed by atoms with Gasteiger partial charge in [0.1, 0.15) is 6.04 Å². The third-order valence-electron chi connectivity index (χ3n) is 6.38. The van der Waals surface area contributed by atoms with E-state index in [1.54, 1.807) is 41.1 Å². The number of likely N-dealkylation sites (tertiary alicyclic amines) is 1. The minimum atomic E-state index is -0.754. The van der Waals surface area contributed by atoms with E-state index in [0.29, 0.717) is 44.7 Å². The number of amides is 2. The Morgan fingerprint density at radius 3 is 2.44 bits per heavy atom. The zero-order chi connectivity index (χ0) is 24.1. The number of hydrogen-bond donors (Lipinski definition) is 1. The van der Waals surface area contributed by atoms with Gasteiger partial charge in [0, 0.05) is 31.7 Å². The molecule has 1 atom stereocenters. The Bertz CT molecular complexity index is 1060. The van der Waals surface area contributed by atoms with Crippen LogP contribution in [0.5, 0.6) is 0 Å². The van der Waals surface area contributed by atoms with Crippen molar-refractivity contribution >= 4 is 17.8 Å². The lowest BCUT2D eigenvalue weighted by molar-refractivity contribution is -0.132. The van der Waals surface area contributed by atoms with Crippen LogP contribution < -0.4 is 0 Å². The first-order chi connectivity index (χ1) is 16.5. The first-order valence-electron chi connectivity index (χ1n) is 11.7. The summed E-state index contributed by atoms with van der Waals surface area (Å²) in [6.07, 6.45) is 2.97. The second-order valence-electron chi connectivity index (χ2n) is 8.46. The van der Waals surface area contributed by atoms with Gasteiger partial charge in [0.25, 0.3) is 5.91 Å². The topological polar surface area (TPSA) is 100 Å². The van der Waals surface area contributed by atoms with Crippen LogP contribution in [0.1, 0.15) is 43.5 Å². The summed E-state index contributed by atoms with van der Waals surface area (Å²) in [5.74, 6) is -1.33. The normalized spacial score (nSPS) is 19.0. The van der Waals surface area contributed by atoms with Gasteiger partial charge in [-0.05, 0) is 43.9 Å². The molecule has 2 aliphatic rings. The van der Waals surface area contributed by atoms with Crippen molar-refractivity contribution in [3.05, 3.63) is 77.3 Å². The minimum Gasteiger partial charge on any atom is -0.503 e. The summed E-state index contributed by atoms with van der Waals surface area (Å²) >= 11 is 0. The first-order valence-corrected chi connectivity index (χ1v) is 11.7. The van der Waals surface area contributed by atoms with Gasteiger partial charge in [-0.3, -0.25) is 14.6 Å². The summed E-state index contributed by atoms with van der Waals surface area (Å²) < 4.78 is 5.09. The molecular weight excluding hydrogens is 434 g/mol. The largest absolute Gasteiger partial charge is 0.503 e. The number of aromatic nitrogens is 1. The average Bonchev–Trinajstić information content (AvgIpc) is 3.14. The lowest BCUT2D eigenvalue weighted by Gasteiger charge is -2.39. The number of piperidine rings is 1. The van der Waals surface area contributed by atoms with Gasteiger partial charge in [-0.25, -0.2) is 4.79 Å². The molecule has 178 valence electrons. The number of benzene rings is 1. The van der Waals surface area contributed by atoms with Crippen molar-refractivity contribution in [2.75, 3.05) is 19.7 Å². The van der Waals surface area contributed by atoms with Crippen molar-refractivity contribution in [3.8, 4) is 0 Å². The summed E-state index contributed by atoms with van der Waals surface area (Å²) in [6, 6.07) is 14.0. The van der Waals surface area contributed by atoms with E-state index in [2.05, 4.69) is 4.98 Å². The molecule has 1 aromatic heterocycles. The molecule has 2 amide bonds. The number of Topliss-reactive ketones (excluding diaryl/α,β-unsaturated/α-hetero) is 1. The van der Waals surface area contributed by atoms with Crippen molar-refractivity contribution in [2.24, 2.45) is 0 Å². The number of carbonyl (C=O) groups is 3. The second kappa shape index (κ2) is 10.5. The van der Waals surface area contributed by atoms with Crippen LogP contribution in [0.2, 0.25) is 0 Å². The van der Waals surface area contributed by atoms with E-state index in [9.17, 15) is 19.5 Å². The van der Waals surface area contributed by atoms with E-state index in [0.717, 1.165) is 5.56 Å². The zero-order valence-electron chi connectivity index (χ0n) is 19.2. The van der Waals surface area contributed by atoms with Crippen molar-refractivity contribution < 1.29 is 24.2 Å². The molecule has 1 unspecified atom stereocenters. The van der Waals surface area contributed by atoms with E-state index in [4.69, 9.17) is 4.74 Å². The Balaban J connectivity index is 1.56. The number of carbonyl (C=O) groups excluding carboxylic acids is 3. The number of rotatable bonds is 7. The monoisotopic (exact) mass is 463 g/mol. The molecule has 2 aromatic rings. The number of ketones is 1. The van der Waals surface area contributed by atoms with Gasteiger partial charge >= 0.3 is 6.09 Å². The predicted octanol–water partition coefficient (Wildman–Crippen LogP) is 3.60. The number of pyridine rings is 1. The summed E-state index contributed by atoms with van der Waals surface area (Å²) in [6.45, 7) is 2.92. The molecule has 1 fully saturated rings. The zero-order valence-corrected chi connectivity index (χ0v) is 19.2. The summed E-state index contributed by atoms with van der Waals surface area (Å²) in [4.78, 5) is 46.2. The van der Waals surface area contributed by atoms with E-state index < -0.39 is 17.7 Å². The predicted molar refractivity (Wildman–Crippen MR) is 125 cm³/mol. The van der Waals surface area contributed by atoms with E-state index in [-0.39, 0.29) is 29.9 Å². The minimum absolute atomic E-state index is 0.104. The number of nitrogens with zero attached hydrogens (tertiary/aromatic N) is 3. The Morgan fingerprint density at radius 1 is 1.09 bits per heavy atom. The molecule has 2 aliphatic heterocycles. The van der Waals surface area contributed by atoms with Crippen LogP contribution in [0.15, 0.2) is 66.1 Å². The Hall–Kier alpha value is -3.68. The molecule has 8 heteroatoms. The lowest BCUT2D eigenvalue weighted by Crippen LogP contribution is -2.49. The molecule has 0 saturated carbocycles. The van der Waals surface area contributed by atoms with Crippen LogP contribution in [0.3, 0.4) is 0 Å². The fourth-order valence-corrected chi connectivity index (χ4v) is 4.69. The highest BCUT2D eigenvalue weighted by molar-refractivity contribution is 6.09. The van der Waals surface area contributed by atoms with Crippen molar-refractivity contribution in [1.29, 1.82) is 0 Å². The van der Waals surface area contributed by atoms with Gasteiger partial charge in [0.2, 0.25) is 0 Å². The molecule has 0 bridgehead atoms. The van der Waals surface area contributed by atoms with Crippen LogP contribution >= 0.6 is 0 Å². The van der Waals surface area contributed by atoms with Gasteiger partial charge in [0.15, 0.2) is 11.5 Å². The third kappa shape index (κ3) is 4.81. The molecule has 0 aliphatic carbocycles. The van der Waals surface area contributed by atoms with Gasteiger partial charge in [-0.15, -0.1) is 0 Å². The number of ether oxygens (including phenoxy) is 1. The van der Waals surface area contributed by atoms with Gasteiger partial charge in [0.05, 0.1) is 17.9 Å². The third-order valence-corrected chi connectivity index (χ3v) is 6.38. The van der Waals surface area contributed by atoms with Gasteiger partial charge < -0.3 is 19.6 Å². The van der Waals surface area contributed by atoms with Crippen molar-refractivity contribution in [1.82, 2.24) is 14.8 Å². The molecule has 0 spiro atoms. The van der Waals surface area contributed by atoms with Crippen molar-refractivity contribution in [2.45, 2.75) is 44.7 Å². The summed E-state index contributed by atoms with van der Waals surface area (Å²) in [5, 5.41) is 10.8. The number of hydrogen-bond acceptors (Lipinski definition) is 6. The van der Waals surface area contributed by atoms with Crippen LogP contribution in [-0.4, -0.2) is 63.4 Å². The highest BCUT2D eigenvalue weighted by Crippen LogP contribution is 2.40. The van der Waals surface area contributed by atoms with Crippen LogP contribution in [0.25, 0.3) is 0 Å². The highest BCUT2D eigenvalue weighted by Gasteiger charge is 2.47. The quantitative estimate of drug-likeness (QED) is 0.674. The lowest BCUT2D eigenvalue weighted by atomic mass is 9.94. The van der Waals surface area contributed by atoms with Crippen molar-refractivity contribution in [3.63, 3.8) is 0 Å². The fraction of sp³-hybridized carbons (Fsp3) is 0.385. The van der Waals surface area contributed by atoms with E-state index >= 15 is 0 Å². The molecule has 0 radical (unpaired) electrons. The molecule has 4 rings (SSSR count). The second-order valence-corrected chi connectivity index (χ2v) is 8.46. The molecule has 1 aromatic carbocycles. The maximum absolute atomic E-state index is 13.3. The Labute approximate surface area is 198 Å². The number of aryl methyl sites for hydroxylation is 1. The molecular formula is C26H29N3O5. The van der Waals surface area contributed by atoms with E-state index in [1.165, 1.54) is 0 Å². The molecule has 8 nitrogen and oxygen atoms in total. The van der Waals surface area contributed by atoms with Gasteiger partial charge in [-0.2, -0.15) is 0 Å². The molecule has 1 N–H and O–H groups in total. The number of aliphatic hydroxyl groups is 1. The Kier molecular flexibility index (Phi) is 7.25. The first kappa shape index (κ1) is 23.5. The maximum atomic E-state index is 13.3. The number of aliphatic hydroxyl groups excluding tert-OH is 1. The SMILES string of the molecule is CCOC(=O)N1CCC(N2C(=O)C(O)=C(C(=O)CCc3ccccc3)C2c2ccccn2)CC1. The van der Waals surface area contributed by atoms with Crippen LogP contribution in [0.4, 0.5) is 4.79 Å². The van der Waals surface area contributed by atoms with Gasteiger partial charge in [-0.1, -0.05) is 36.4 Å². The average molecular weight is 464 g/mol. The van der Waals surface area contributed by atoms with Crippen LogP contribution in [-0.2, 0) is 20.7 Å². The molecule has 1 saturated heterocycles. The maximum Gasteiger partial charge on any atom is 0.409 e. The summed E-state index contributed by atoms with van der Waals surface area (Å²) in [5.41, 5.74) is 1.65. The smallest absolute Gasteiger partial charge is 0.409 e. The van der Waals surface area contributed by atoms with Crippen LogP contribution in [0, 0.1) is 0 Å².